The lowest BCUT2D eigenvalue weighted by Crippen LogP contribution is -2.39. The van der Waals surface area contributed by atoms with Crippen LogP contribution in [-0.2, 0) is 24.3 Å². The van der Waals surface area contributed by atoms with Crippen LogP contribution >= 0.6 is 0 Å². The van der Waals surface area contributed by atoms with Crippen molar-refractivity contribution in [1.82, 2.24) is 24.4 Å². The van der Waals surface area contributed by atoms with Crippen LogP contribution in [0.2, 0.25) is 0 Å². The van der Waals surface area contributed by atoms with E-state index in [4.69, 9.17) is 15.0 Å². The van der Waals surface area contributed by atoms with Crippen molar-refractivity contribution in [3.05, 3.63) is 47.2 Å². The van der Waals surface area contributed by atoms with Crippen molar-refractivity contribution in [3.63, 3.8) is 0 Å². The van der Waals surface area contributed by atoms with E-state index in [1.165, 1.54) is 18.4 Å². The van der Waals surface area contributed by atoms with E-state index in [2.05, 4.69) is 54.5 Å². The molecule has 0 spiro atoms. The van der Waals surface area contributed by atoms with Gasteiger partial charge in [0.2, 0.25) is 5.91 Å². The van der Waals surface area contributed by atoms with E-state index in [-0.39, 0.29) is 11.9 Å². The third-order valence-electron chi connectivity index (χ3n) is 7.11. The summed E-state index contributed by atoms with van der Waals surface area (Å²) < 4.78 is 2.32. The molecule has 7 nitrogen and oxygen atoms in total. The van der Waals surface area contributed by atoms with Crippen LogP contribution in [0.1, 0.15) is 74.9 Å². The minimum absolute atomic E-state index is 0.147. The number of hydrogen-bond donors (Lipinski definition) is 0. The summed E-state index contributed by atoms with van der Waals surface area (Å²) in [4.78, 5) is 32.0. The number of likely N-dealkylation sites (tertiary alicyclic amines) is 1. The van der Waals surface area contributed by atoms with Crippen LogP contribution in [0.3, 0.4) is 0 Å². The van der Waals surface area contributed by atoms with Crippen molar-refractivity contribution < 1.29 is 4.79 Å². The Morgan fingerprint density at radius 3 is 2.73 bits per heavy atom. The first-order valence-corrected chi connectivity index (χ1v) is 12.5. The highest BCUT2D eigenvalue weighted by atomic mass is 16.2. The summed E-state index contributed by atoms with van der Waals surface area (Å²) in [5.74, 6) is 3.00. The fourth-order valence-corrected chi connectivity index (χ4v) is 5.46. The number of carbonyl (C=O) groups excluding carboxylic acids is 1. The number of nitrogens with zero attached hydrogens (tertiary/aromatic N) is 6. The zero-order valence-corrected chi connectivity index (χ0v) is 20.0. The van der Waals surface area contributed by atoms with E-state index in [0.29, 0.717) is 6.42 Å². The van der Waals surface area contributed by atoms with E-state index < -0.39 is 0 Å². The average molecular weight is 447 g/mol. The number of imidazole rings is 1. The Morgan fingerprint density at radius 1 is 1.06 bits per heavy atom. The average Bonchev–Trinajstić information content (AvgIpc) is 3.18. The van der Waals surface area contributed by atoms with Crippen LogP contribution in [0, 0.1) is 6.92 Å². The Bertz CT molecular complexity index is 1170. The lowest BCUT2D eigenvalue weighted by Gasteiger charge is -2.36. The molecular weight excluding hydrogens is 412 g/mol. The van der Waals surface area contributed by atoms with Gasteiger partial charge >= 0.3 is 0 Å². The Morgan fingerprint density at radius 2 is 1.91 bits per heavy atom. The summed E-state index contributed by atoms with van der Waals surface area (Å²) in [6.07, 6.45) is 5.60. The SMILES string of the molecule is CCCN1C(=O)CCc2c(C)nc([C@H]3CCCCN3Cc3nc4ccccc4n3CC)nc21. The number of anilines is 1. The van der Waals surface area contributed by atoms with Gasteiger partial charge in [0.15, 0.2) is 0 Å². The zero-order valence-electron chi connectivity index (χ0n) is 20.0. The smallest absolute Gasteiger partial charge is 0.228 e. The molecule has 4 heterocycles. The summed E-state index contributed by atoms with van der Waals surface area (Å²) in [6, 6.07) is 8.52. The Balaban J connectivity index is 1.50. The predicted octanol–water partition coefficient (Wildman–Crippen LogP) is 4.57. The minimum Gasteiger partial charge on any atom is -0.327 e. The lowest BCUT2D eigenvalue weighted by atomic mass is 9.99. The van der Waals surface area contributed by atoms with Gasteiger partial charge in [-0.15, -0.1) is 0 Å². The van der Waals surface area contributed by atoms with Crippen molar-refractivity contribution in [1.29, 1.82) is 0 Å². The van der Waals surface area contributed by atoms with Crippen LogP contribution in [-0.4, -0.2) is 43.4 Å². The topological polar surface area (TPSA) is 67.2 Å². The quantitative estimate of drug-likeness (QED) is 0.555. The number of para-hydroxylation sites is 2. The molecule has 1 aromatic carbocycles. The molecule has 0 saturated carbocycles. The second-order valence-corrected chi connectivity index (χ2v) is 9.26. The van der Waals surface area contributed by atoms with Gasteiger partial charge in [0, 0.05) is 30.8 Å². The minimum atomic E-state index is 0.147. The molecule has 0 unspecified atom stereocenters. The largest absolute Gasteiger partial charge is 0.327 e. The maximum Gasteiger partial charge on any atom is 0.228 e. The van der Waals surface area contributed by atoms with E-state index >= 15 is 0 Å². The van der Waals surface area contributed by atoms with Crippen molar-refractivity contribution in [2.45, 2.75) is 78.4 Å². The summed E-state index contributed by atoms with van der Waals surface area (Å²) in [6.45, 7) is 9.78. The molecular formula is C26H34N6O. The molecule has 0 aliphatic carbocycles. The molecule has 0 bridgehead atoms. The second-order valence-electron chi connectivity index (χ2n) is 9.26. The molecule has 1 amide bonds. The van der Waals surface area contributed by atoms with Gasteiger partial charge in [0.05, 0.1) is 23.6 Å². The Hall–Kier alpha value is -2.80. The number of piperidine rings is 1. The third kappa shape index (κ3) is 4.03. The molecule has 1 fully saturated rings. The number of carbonyl (C=O) groups is 1. The summed E-state index contributed by atoms with van der Waals surface area (Å²) >= 11 is 0. The van der Waals surface area contributed by atoms with Gasteiger partial charge in [-0.05, 0) is 58.2 Å². The van der Waals surface area contributed by atoms with Crippen LogP contribution in [0.15, 0.2) is 24.3 Å². The second kappa shape index (κ2) is 9.21. The predicted molar refractivity (Wildman–Crippen MR) is 130 cm³/mol. The first-order chi connectivity index (χ1) is 16.1. The fraction of sp³-hybridized carbons (Fsp3) is 0.538. The maximum absolute atomic E-state index is 12.7. The lowest BCUT2D eigenvalue weighted by molar-refractivity contribution is -0.119. The summed E-state index contributed by atoms with van der Waals surface area (Å²) in [5.41, 5.74) is 4.41. The maximum atomic E-state index is 12.7. The molecule has 0 radical (unpaired) electrons. The van der Waals surface area contributed by atoms with Gasteiger partial charge in [-0.25, -0.2) is 15.0 Å². The van der Waals surface area contributed by atoms with Crippen molar-refractivity contribution in [2.24, 2.45) is 0 Å². The first-order valence-electron chi connectivity index (χ1n) is 12.5. The zero-order chi connectivity index (χ0) is 22.9. The number of benzene rings is 1. The van der Waals surface area contributed by atoms with Crippen LogP contribution in [0.5, 0.6) is 0 Å². The molecule has 2 aliphatic rings. The third-order valence-corrected chi connectivity index (χ3v) is 7.11. The van der Waals surface area contributed by atoms with E-state index in [1.807, 2.05) is 4.90 Å². The van der Waals surface area contributed by atoms with Crippen LogP contribution in [0.4, 0.5) is 5.82 Å². The molecule has 33 heavy (non-hydrogen) atoms. The Labute approximate surface area is 195 Å². The number of fused-ring (bicyclic) bond motifs is 2. The van der Waals surface area contributed by atoms with Crippen LogP contribution < -0.4 is 4.90 Å². The van der Waals surface area contributed by atoms with Crippen molar-refractivity contribution in [2.75, 3.05) is 18.0 Å². The molecule has 0 N–H and O–H groups in total. The molecule has 7 heteroatoms. The molecule has 5 rings (SSSR count). The molecule has 2 aliphatic heterocycles. The van der Waals surface area contributed by atoms with Gasteiger partial charge in [-0.3, -0.25) is 14.6 Å². The number of aryl methyl sites for hydroxylation is 2. The molecule has 174 valence electrons. The van der Waals surface area contributed by atoms with Crippen LogP contribution in [0.25, 0.3) is 11.0 Å². The van der Waals surface area contributed by atoms with Crippen molar-refractivity contribution >= 4 is 22.8 Å². The first kappa shape index (κ1) is 22.0. The number of rotatable bonds is 6. The highest BCUT2D eigenvalue weighted by Crippen LogP contribution is 2.35. The molecule has 1 saturated heterocycles. The molecule has 2 aromatic heterocycles. The van der Waals surface area contributed by atoms with E-state index in [0.717, 1.165) is 79.7 Å². The normalized spacial score (nSPS) is 19.3. The number of hydrogen-bond acceptors (Lipinski definition) is 5. The van der Waals surface area contributed by atoms with E-state index in [9.17, 15) is 4.79 Å². The monoisotopic (exact) mass is 446 g/mol. The summed E-state index contributed by atoms with van der Waals surface area (Å²) in [5, 5.41) is 0. The fourth-order valence-electron chi connectivity index (χ4n) is 5.46. The van der Waals surface area contributed by atoms with Gasteiger partial charge in [-0.2, -0.15) is 0 Å². The number of amides is 1. The highest BCUT2D eigenvalue weighted by Gasteiger charge is 2.32. The standard InChI is InChI=1S/C26H34N6O/c1-4-15-32-24(33)14-13-19-18(3)27-25(29-26(19)32)22-12-8-9-16-30(22)17-23-28-20-10-6-7-11-21(20)31(23)5-2/h6-7,10-11,22H,4-5,8-9,12-17H2,1-3H3/t22-/m1/s1. The molecule has 1 atom stereocenters. The van der Waals surface area contributed by atoms with Crippen molar-refractivity contribution in [3.8, 4) is 0 Å². The highest BCUT2D eigenvalue weighted by molar-refractivity contribution is 5.95. The Kier molecular flexibility index (Phi) is 6.15. The molecule has 3 aromatic rings. The van der Waals surface area contributed by atoms with Gasteiger partial charge in [0.1, 0.15) is 17.5 Å². The van der Waals surface area contributed by atoms with Gasteiger partial charge in [0.25, 0.3) is 0 Å². The van der Waals surface area contributed by atoms with Gasteiger partial charge in [-0.1, -0.05) is 25.5 Å². The van der Waals surface area contributed by atoms with Gasteiger partial charge < -0.3 is 4.57 Å². The number of aromatic nitrogens is 4. The van der Waals surface area contributed by atoms with E-state index in [1.54, 1.807) is 0 Å². The summed E-state index contributed by atoms with van der Waals surface area (Å²) in [7, 11) is 0.